The van der Waals surface area contributed by atoms with Crippen LogP contribution >= 0.6 is 11.6 Å². The van der Waals surface area contributed by atoms with Crippen molar-refractivity contribution >= 4 is 28.9 Å². The van der Waals surface area contributed by atoms with Crippen LogP contribution in [0.2, 0.25) is 5.02 Å². The van der Waals surface area contributed by atoms with Gasteiger partial charge in [0.1, 0.15) is 5.82 Å². The van der Waals surface area contributed by atoms with E-state index in [0.717, 1.165) is 5.56 Å². The molecule has 0 unspecified atom stereocenters. The van der Waals surface area contributed by atoms with Crippen molar-refractivity contribution in [2.75, 3.05) is 24.3 Å². The highest BCUT2D eigenvalue weighted by Crippen LogP contribution is 2.28. The van der Waals surface area contributed by atoms with Crippen LogP contribution in [0.4, 0.5) is 17.3 Å². The number of hydrogen-bond acceptors (Lipinski definition) is 5. The molecule has 0 atom stereocenters. The lowest BCUT2D eigenvalue weighted by Crippen LogP contribution is -2.19. The lowest BCUT2D eigenvalue weighted by atomic mass is 10.2. The van der Waals surface area contributed by atoms with E-state index in [9.17, 15) is 10.1 Å². The van der Waals surface area contributed by atoms with Gasteiger partial charge in [-0.15, -0.1) is 0 Å². The second kappa shape index (κ2) is 6.41. The first kappa shape index (κ1) is 15.1. The van der Waals surface area contributed by atoms with Crippen molar-refractivity contribution in [3.05, 3.63) is 57.1 Å². The average molecular weight is 307 g/mol. The summed E-state index contributed by atoms with van der Waals surface area (Å²) >= 11 is 6.12. The topological polar surface area (TPSA) is 71.3 Å². The number of halogens is 1. The van der Waals surface area contributed by atoms with Gasteiger partial charge in [-0.25, -0.2) is 4.98 Å². The summed E-state index contributed by atoms with van der Waals surface area (Å²) in [7, 11) is 3.46. The summed E-state index contributed by atoms with van der Waals surface area (Å²) in [6.07, 6.45) is 0. The standard InChI is InChI=1S/C14H15ClN4O2/c1-16-13-8-7-12(19(20)21)14(17-13)18(2)9-10-5-3-4-6-11(10)15/h3-8H,9H2,1-2H3,(H,16,17). The fourth-order valence-corrected chi connectivity index (χ4v) is 2.16. The smallest absolute Gasteiger partial charge is 0.311 e. The molecule has 0 amide bonds. The van der Waals surface area contributed by atoms with Gasteiger partial charge < -0.3 is 10.2 Å². The molecule has 1 N–H and O–H groups in total. The van der Waals surface area contributed by atoms with Crippen LogP contribution in [0.5, 0.6) is 0 Å². The number of aromatic nitrogens is 1. The Balaban J connectivity index is 2.35. The van der Waals surface area contributed by atoms with Crippen LogP contribution in [0.25, 0.3) is 0 Å². The van der Waals surface area contributed by atoms with Gasteiger partial charge in [-0.1, -0.05) is 29.8 Å². The number of pyridine rings is 1. The Kier molecular flexibility index (Phi) is 4.59. The Morgan fingerprint density at radius 2 is 2.05 bits per heavy atom. The van der Waals surface area contributed by atoms with Gasteiger partial charge in [0.05, 0.1) is 4.92 Å². The van der Waals surface area contributed by atoms with E-state index in [1.807, 2.05) is 18.2 Å². The van der Waals surface area contributed by atoms with Crippen LogP contribution < -0.4 is 10.2 Å². The van der Waals surface area contributed by atoms with Gasteiger partial charge in [0.25, 0.3) is 0 Å². The quantitative estimate of drug-likeness (QED) is 0.677. The minimum atomic E-state index is -0.440. The second-order valence-electron chi connectivity index (χ2n) is 4.49. The number of nitrogens with one attached hydrogen (secondary N) is 1. The Labute approximate surface area is 127 Å². The number of nitrogens with zero attached hydrogens (tertiary/aromatic N) is 3. The zero-order valence-corrected chi connectivity index (χ0v) is 12.5. The predicted octanol–water partition coefficient (Wildman–Crippen LogP) is 3.32. The number of nitro groups is 1. The molecule has 1 heterocycles. The largest absolute Gasteiger partial charge is 0.373 e. The number of anilines is 2. The van der Waals surface area contributed by atoms with Gasteiger partial charge >= 0.3 is 5.69 Å². The minimum Gasteiger partial charge on any atom is -0.373 e. The Morgan fingerprint density at radius 3 is 2.67 bits per heavy atom. The second-order valence-corrected chi connectivity index (χ2v) is 4.90. The van der Waals surface area contributed by atoms with Crippen molar-refractivity contribution in [2.24, 2.45) is 0 Å². The third kappa shape index (κ3) is 3.41. The van der Waals surface area contributed by atoms with Crippen molar-refractivity contribution in [3.8, 4) is 0 Å². The zero-order valence-electron chi connectivity index (χ0n) is 11.7. The number of hydrogen-bond donors (Lipinski definition) is 1. The molecule has 21 heavy (non-hydrogen) atoms. The molecule has 0 saturated carbocycles. The number of rotatable bonds is 5. The van der Waals surface area contributed by atoms with Gasteiger partial charge in [0.15, 0.2) is 0 Å². The van der Waals surface area contributed by atoms with Gasteiger partial charge in [0, 0.05) is 31.7 Å². The first-order valence-corrected chi connectivity index (χ1v) is 6.68. The van der Waals surface area contributed by atoms with E-state index in [0.29, 0.717) is 23.2 Å². The summed E-state index contributed by atoms with van der Waals surface area (Å²) in [6.45, 7) is 0.431. The maximum absolute atomic E-state index is 11.1. The van der Waals surface area contributed by atoms with E-state index in [4.69, 9.17) is 11.6 Å². The van der Waals surface area contributed by atoms with Crippen LogP contribution in [-0.4, -0.2) is 24.0 Å². The van der Waals surface area contributed by atoms with Crippen LogP contribution in [0.15, 0.2) is 36.4 Å². The third-order valence-corrected chi connectivity index (χ3v) is 3.40. The maximum Gasteiger partial charge on any atom is 0.311 e. The highest BCUT2D eigenvalue weighted by atomic mass is 35.5. The average Bonchev–Trinajstić information content (AvgIpc) is 2.48. The molecule has 110 valence electrons. The molecule has 0 spiro atoms. The molecule has 2 rings (SSSR count). The molecule has 1 aromatic heterocycles. The first-order valence-electron chi connectivity index (χ1n) is 6.30. The highest BCUT2D eigenvalue weighted by molar-refractivity contribution is 6.31. The van der Waals surface area contributed by atoms with Gasteiger partial charge in [-0.3, -0.25) is 10.1 Å². The van der Waals surface area contributed by atoms with E-state index in [1.165, 1.54) is 6.07 Å². The lowest BCUT2D eigenvalue weighted by Gasteiger charge is -2.19. The van der Waals surface area contributed by atoms with Crippen LogP contribution in [0, 0.1) is 10.1 Å². The maximum atomic E-state index is 11.1. The summed E-state index contributed by atoms with van der Waals surface area (Å²) in [5.41, 5.74) is 0.844. The molecule has 6 nitrogen and oxygen atoms in total. The summed E-state index contributed by atoms with van der Waals surface area (Å²) in [6, 6.07) is 10.4. The van der Waals surface area contributed by atoms with Crippen LogP contribution in [0.1, 0.15) is 5.56 Å². The summed E-state index contributed by atoms with van der Waals surface area (Å²) in [5.74, 6) is 0.869. The monoisotopic (exact) mass is 306 g/mol. The molecule has 0 aliphatic heterocycles. The van der Waals surface area contributed by atoms with E-state index >= 15 is 0 Å². The molecule has 0 aliphatic rings. The van der Waals surface area contributed by atoms with Crippen LogP contribution in [0.3, 0.4) is 0 Å². The van der Waals surface area contributed by atoms with E-state index < -0.39 is 4.92 Å². The van der Waals surface area contributed by atoms with E-state index in [2.05, 4.69) is 10.3 Å². The summed E-state index contributed by atoms with van der Waals surface area (Å²) in [5, 5.41) is 14.6. The first-order chi connectivity index (χ1) is 10.0. The molecule has 0 fully saturated rings. The Hall–Kier alpha value is -2.34. The van der Waals surface area contributed by atoms with Crippen molar-refractivity contribution in [2.45, 2.75) is 6.54 Å². The third-order valence-electron chi connectivity index (χ3n) is 3.03. The molecule has 1 aromatic carbocycles. The molecule has 0 bridgehead atoms. The molecule has 0 aliphatic carbocycles. The van der Waals surface area contributed by atoms with Crippen molar-refractivity contribution in [1.29, 1.82) is 0 Å². The lowest BCUT2D eigenvalue weighted by molar-refractivity contribution is -0.384. The van der Waals surface area contributed by atoms with Gasteiger partial charge in [0.2, 0.25) is 5.82 Å². The van der Waals surface area contributed by atoms with E-state index in [1.54, 1.807) is 31.1 Å². The molecule has 0 saturated heterocycles. The zero-order chi connectivity index (χ0) is 15.4. The molecule has 0 radical (unpaired) electrons. The minimum absolute atomic E-state index is 0.0384. The Bertz CT molecular complexity index is 663. The normalized spacial score (nSPS) is 10.2. The molecular formula is C14H15ClN4O2. The molecule has 7 heteroatoms. The van der Waals surface area contributed by atoms with Crippen molar-refractivity contribution in [1.82, 2.24) is 4.98 Å². The van der Waals surface area contributed by atoms with Crippen LogP contribution in [-0.2, 0) is 6.54 Å². The van der Waals surface area contributed by atoms with Crippen molar-refractivity contribution in [3.63, 3.8) is 0 Å². The number of benzene rings is 1. The predicted molar refractivity (Wildman–Crippen MR) is 84.0 cm³/mol. The van der Waals surface area contributed by atoms with Crippen molar-refractivity contribution < 1.29 is 4.92 Å². The highest BCUT2D eigenvalue weighted by Gasteiger charge is 2.20. The van der Waals surface area contributed by atoms with Gasteiger partial charge in [-0.2, -0.15) is 0 Å². The SMILES string of the molecule is CNc1ccc([N+](=O)[O-])c(N(C)Cc2ccccc2Cl)n1. The fourth-order valence-electron chi connectivity index (χ4n) is 1.96. The summed E-state index contributed by atoms with van der Waals surface area (Å²) < 4.78 is 0. The Morgan fingerprint density at radius 1 is 1.33 bits per heavy atom. The molecular weight excluding hydrogens is 292 g/mol. The molecule has 2 aromatic rings. The summed E-state index contributed by atoms with van der Waals surface area (Å²) in [4.78, 5) is 16.7. The van der Waals surface area contributed by atoms with Gasteiger partial charge in [-0.05, 0) is 17.7 Å². The van der Waals surface area contributed by atoms with E-state index in [-0.39, 0.29) is 5.69 Å². The fraction of sp³-hybridized carbons (Fsp3) is 0.214.